The van der Waals surface area contributed by atoms with Crippen LogP contribution in [0.25, 0.3) is 10.9 Å². The molecular formula is C20H16ClF2N3O4S2. The van der Waals surface area contributed by atoms with Crippen molar-refractivity contribution in [1.82, 2.24) is 9.55 Å². The van der Waals surface area contributed by atoms with Crippen LogP contribution in [-0.4, -0.2) is 35.4 Å². The Labute approximate surface area is 191 Å². The van der Waals surface area contributed by atoms with Gasteiger partial charge in [0.05, 0.1) is 27.2 Å². The van der Waals surface area contributed by atoms with Gasteiger partial charge in [-0.15, -0.1) is 6.58 Å². The lowest BCUT2D eigenvalue weighted by atomic mass is 10.2. The van der Waals surface area contributed by atoms with Gasteiger partial charge in [-0.25, -0.2) is 13.4 Å². The quantitative estimate of drug-likeness (QED) is 0.286. The Morgan fingerprint density at radius 1 is 1.28 bits per heavy atom. The third-order valence-corrected chi connectivity index (χ3v) is 6.88. The minimum atomic E-state index is -4.90. The van der Waals surface area contributed by atoms with Crippen LogP contribution >= 0.6 is 23.4 Å². The van der Waals surface area contributed by atoms with Crippen molar-refractivity contribution in [2.45, 2.75) is 22.4 Å². The highest BCUT2D eigenvalue weighted by Gasteiger charge is 2.29. The van der Waals surface area contributed by atoms with Gasteiger partial charge in [0.1, 0.15) is 0 Å². The van der Waals surface area contributed by atoms with Crippen molar-refractivity contribution in [1.29, 1.82) is 0 Å². The summed E-state index contributed by atoms with van der Waals surface area (Å²) in [4.78, 5) is 28.9. The van der Waals surface area contributed by atoms with Crippen LogP contribution in [0.3, 0.4) is 0 Å². The zero-order valence-electron chi connectivity index (χ0n) is 16.3. The molecule has 0 bridgehead atoms. The molecule has 2 aromatic carbocycles. The molecule has 0 fully saturated rings. The molecule has 1 amide bonds. The highest BCUT2D eigenvalue weighted by molar-refractivity contribution is 7.99. The van der Waals surface area contributed by atoms with Crippen molar-refractivity contribution in [3.63, 3.8) is 0 Å². The SMILES string of the molecule is C=CCn1c(SCC(=O)Nc2ccccc2S(=O)(=O)C(F)F)nc2cc(Cl)ccc2c1=O. The smallest absolute Gasteiger partial charge is 0.324 e. The van der Waals surface area contributed by atoms with E-state index in [1.54, 1.807) is 12.1 Å². The number of thioether (sulfide) groups is 1. The minimum absolute atomic E-state index is 0.143. The molecule has 168 valence electrons. The molecule has 1 aromatic heterocycles. The molecule has 32 heavy (non-hydrogen) atoms. The normalized spacial score (nSPS) is 11.6. The van der Waals surface area contributed by atoms with Crippen LogP contribution in [0.5, 0.6) is 0 Å². The fourth-order valence-electron chi connectivity index (χ4n) is 2.80. The van der Waals surface area contributed by atoms with Crippen LogP contribution in [-0.2, 0) is 21.2 Å². The highest BCUT2D eigenvalue weighted by Crippen LogP contribution is 2.27. The number of amides is 1. The molecule has 1 heterocycles. The number of allylic oxidation sites excluding steroid dienone is 1. The predicted molar refractivity (Wildman–Crippen MR) is 120 cm³/mol. The van der Waals surface area contributed by atoms with Crippen LogP contribution in [0.4, 0.5) is 14.5 Å². The van der Waals surface area contributed by atoms with Crippen molar-refractivity contribution in [3.05, 3.63) is 70.5 Å². The topological polar surface area (TPSA) is 98.1 Å². The second kappa shape index (κ2) is 9.80. The van der Waals surface area contributed by atoms with Crippen molar-refractivity contribution in [2.24, 2.45) is 0 Å². The number of sulfone groups is 1. The fourth-order valence-corrected chi connectivity index (χ4v) is 4.67. The monoisotopic (exact) mass is 499 g/mol. The van der Waals surface area contributed by atoms with Gasteiger partial charge in [0.2, 0.25) is 15.7 Å². The van der Waals surface area contributed by atoms with E-state index in [4.69, 9.17) is 11.6 Å². The van der Waals surface area contributed by atoms with E-state index < -0.39 is 26.4 Å². The van der Waals surface area contributed by atoms with E-state index in [2.05, 4.69) is 16.9 Å². The molecule has 3 rings (SSSR count). The summed E-state index contributed by atoms with van der Waals surface area (Å²) < 4.78 is 50.9. The van der Waals surface area contributed by atoms with Gasteiger partial charge in [-0.1, -0.05) is 41.6 Å². The predicted octanol–water partition coefficient (Wildman–Crippen LogP) is 3.96. The fraction of sp³-hybridized carbons (Fsp3) is 0.150. The van der Waals surface area contributed by atoms with Gasteiger partial charge in [-0.3, -0.25) is 14.2 Å². The highest BCUT2D eigenvalue weighted by atomic mass is 35.5. The molecule has 0 saturated carbocycles. The number of hydrogen-bond donors (Lipinski definition) is 1. The summed E-state index contributed by atoms with van der Waals surface area (Å²) in [6.45, 7) is 3.76. The number of nitrogens with zero attached hydrogens (tertiary/aromatic N) is 2. The molecule has 7 nitrogen and oxygen atoms in total. The second-order valence-corrected chi connectivity index (χ2v) is 9.66. The number of rotatable bonds is 8. The number of para-hydroxylation sites is 1. The Bertz CT molecular complexity index is 1360. The molecule has 0 aliphatic heterocycles. The van der Waals surface area contributed by atoms with E-state index in [9.17, 15) is 26.8 Å². The Morgan fingerprint density at radius 2 is 2.00 bits per heavy atom. The van der Waals surface area contributed by atoms with E-state index in [1.807, 2.05) is 0 Å². The molecule has 0 radical (unpaired) electrons. The van der Waals surface area contributed by atoms with E-state index >= 15 is 0 Å². The van der Waals surface area contributed by atoms with Crippen LogP contribution in [0, 0.1) is 0 Å². The maximum Gasteiger partial charge on any atom is 0.341 e. The molecule has 12 heteroatoms. The zero-order chi connectivity index (χ0) is 23.5. The number of halogens is 3. The number of alkyl halides is 2. The summed E-state index contributed by atoms with van der Waals surface area (Å²) in [7, 11) is -4.90. The first kappa shape index (κ1) is 23.9. The number of fused-ring (bicyclic) bond motifs is 1. The largest absolute Gasteiger partial charge is 0.341 e. The Morgan fingerprint density at radius 3 is 2.69 bits per heavy atom. The summed E-state index contributed by atoms with van der Waals surface area (Å²) >= 11 is 6.90. The van der Waals surface area contributed by atoms with Gasteiger partial charge in [-0.05, 0) is 30.3 Å². The molecule has 0 spiro atoms. The maximum absolute atomic E-state index is 12.9. The summed E-state index contributed by atoms with van der Waals surface area (Å²) in [5.41, 5.74) is -0.262. The van der Waals surface area contributed by atoms with Crippen molar-refractivity contribution in [2.75, 3.05) is 11.1 Å². The van der Waals surface area contributed by atoms with Gasteiger partial charge in [-0.2, -0.15) is 8.78 Å². The van der Waals surface area contributed by atoms with Crippen molar-refractivity contribution >= 4 is 55.7 Å². The standard InChI is InChI=1S/C20H16ClF2N3O4S2/c1-2-9-26-18(28)13-8-7-12(21)10-15(13)25-20(26)31-11-17(27)24-14-5-3-4-6-16(14)32(29,30)19(22)23/h2-8,10,19H,1,9,11H2,(H,24,27). The number of carbonyl (C=O) groups excluding carboxylic acids is 1. The lowest BCUT2D eigenvalue weighted by molar-refractivity contribution is -0.113. The third-order valence-electron chi connectivity index (χ3n) is 4.23. The molecular weight excluding hydrogens is 484 g/mol. The number of aromatic nitrogens is 2. The Kier molecular flexibility index (Phi) is 7.32. The molecule has 0 aliphatic rings. The van der Waals surface area contributed by atoms with Gasteiger partial charge in [0.25, 0.3) is 5.56 Å². The third kappa shape index (κ3) is 5.00. The van der Waals surface area contributed by atoms with Gasteiger partial charge in [0, 0.05) is 11.6 Å². The van der Waals surface area contributed by atoms with Gasteiger partial charge in [0.15, 0.2) is 5.16 Å². The first-order valence-corrected chi connectivity index (χ1v) is 11.9. The average Bonchev–Trinajstić information content (AvgIpc) is 2.74. The van der Waals surface area contributed by atoms with Crippen LogP contribution in [0.15, 0.2) is 70.0 Å². The second-order valence-electron chi connectivity index (χ2n) is 6.40. The molecule has 0 aliphatic carbocycles. The first-order chi connectivity index (χ1) is 15.1. The molecule has 0 saturated heterocycles. The Balaban J connectivity index is 1.87. The lowest BCUT2D eigenvalue weighted by Gasteiger charge is -2.13. The Hall–Kier alpha value is -2.76. The molecule has 0 atom stereocenters. The molecule has 1 N–H and O–H groups in total. The summed E-state index contributed by atoms with van der Waals surface area (Å²) in [5, 5.41) is 3.27. The van der Waals surface area contributed by atoms with E-state index in [-0.39, 0.29) is 28.7 Å². The number of nitrogens with one attached hydrogen (secondary N) is 1. The average molecular weight is 500 g/mol. The minimum Gasteiger partial charge on any atom is -0.324 e. The van der Waals surface area contributed by atoms with Gasteiger partial charge >= 0.3 is 5.76 Å². The maximum atomic E-state index is 12.9. The van der Waals surface area contributed by atoms with Crippen LogP contribution in [0.1, 0.15) is 0 Å². The van der Waals surface area contributed by atoms with E-state index in [1.165, 1.54) is 34.9 Å². The first-order valence-electron chi connectivity index (χ1n) is 9.00. The number of anilines is 1. The number of hydrogen-bond acceptors (Lipinski definition) is 6. The van der Waals surface area contributed by atoms with Gasteiger partial charge < -0.3 is 5.32 Å². The number of benzene rings is 2. The number of carbonyl (C=O) groups is 1. The van der Waals surface area contributed by atoms with Crippen LogP contribution in [0.2, 0.25) is 5.02 Å². The molecule has 0 unspecified atom stereocenters. The van der Waals surface area contributed by atoms with E-state index in [0.29, 0.717) is 15.9 Å². The summed E-state index contributed by atoms with van der Waals surface area (Å²) in [6, 6.07) is 9.51. The van der Waals surface area contributed by atoms with Crippen molar-refractivity contribution < 1.29 is 22.0 Å². The zero-order valence-corrected chi connectivity index (χ0v) is 18.7. The van der Waals surface area contributed by atoms with Crippen LogP contribution < -0.4 is 10.9 Å². The van der Waals surface area contributed by atoms with E-state index in [0.717, 1.165) is 17.8 Å². The summed E-state index contributed by atoms with van der Waals surface area (Å²) in [5.74, 6) is -4.56. The lowest BCUT2D eigenvalue weighted by Crippen LogP contribution is -2.24. The summed E-state index contributed by atoms with van der Waals surface area (Å²) in [6.07, 6.45) is 1.50. The van der Waals surface area contributed by atoms with Crippen molar-refractivity contribution in [3.8, 4) is 0 Å². The molecule has 3 aromatic rings.